The first-order valence-electron chi connectivity index (χ1n) is 9.06. The predicted molar refractivity (Wildman–Crippen MR) is 101 cm³/mol. The lowest BCUT2D eigenvalue weighted by molar-refractivity contribution is -0.131. The first-order valence-corrected chi connectivity index (χ1v) is 9.06. The lowest BCUT2D eigenvalue weighted by atomic mass is 10.1. The topological polar surface area (TPSA) is 87.8 Å². The molecule has 2 heterocycles. The number of rotatable bonds is 5. The minimum absolute atomic E-state index is 0.114. The molecule has 1 fully saturated rings. The van der Waals surface area contributed by atoms with Gasteiger partial charge < -0.3 is 19.6 Å². The molecule has 0 atom stereocenters. The first kappa shape index (κ1) is 18.8. The summed E-state index contributed by atoms with van der Waals surface area (Å²) in [4.78, 5) is 38.9. The van der Waals surface area contributed by atoms with Gasteiger partial charge >= 0.3 is 5.63 Å². The van der Waals surface area contributed by atoms with E-state index < -0.39 is 5.63 Å². The summed E-state index contributed by atoms with van der Waals surface area (Å²) in [6.07, 6.45) is 2.13. The maximum absolute atomic E-state index is 12.1. The van der Waals surface area contributed by atoms with E-state index in [2.05, 4.69) is 10.2 Å². The molecule has 8 heteroatoms. The minimum Gasteiger partial charge on any atom is -0.368 e. The lowest BCUT2D eigenvalue weighted by Crippen LogP contribution is -2.48. The normalized spacial score (nSPS) is 14.3. The average Bonchev–Trinajstić information content (AvgIpc) is 3.06. The number of amides is 2. The van der Waals surface area contributed by atoms with E-state index in [1.165, 1.54) is 11.7 Å². The Labute approximate surface area is 157 Å². The molecule has 3 rings (SSSR count). The van der Waals surface area contributed by atoms with Gasteiger partial charge in [-0.25, -0.2) is 4.79 Å². The smallest absolute Gasteiger partial charge is 0.365 e. The van der Waals surface area contributed by atoms with Crippen molar-refractivity contribution in [3.63, 3.8) is 0 Å². The van der Waals surface area contributed by atoms with E-state index in [-0.39, 0.29) is 18.5 Å². The quantitative estimate of drug-likeness (QED) is 0.854. The molecule has 2 amide bonds. The third-order valence-electron chi connectivity index (χ3n) is 4.66. The number of piperazine rings is 1. The maximum Gasteiger partial charge on any atom is 0.365 e. The Morgan fingerprint density at radius 1 is 1.11 bits per heavy atom. The molecule has 1 aliphatic rings. The van der Waals surface area contributed by atoms with Crippen LogP contribution in [0.5, 0.6) is 0 Å². The molecule has 8 nitrogen and oxygen atoms in total. The van der Waals surface area contributed by atoms with Crippen molar-refractivity contribution in [3.8, 4) is 11.1 Å². The molecule has 0 radical (unpaired) electrons. The molecule has 0 spiro atoms. The highest BCUT2D eigenvalue weighted by molar-refractivity contribution is 5.76. The summed E-state index contributed by atoms with van der Waals surface area (Å²) in [5.74, 6) is -0.00140. The minimum atomic E-state index is -0.445. The SMILES string of the molecule is CCC(=O)N1CCN(c2ccc(-c3cn(CNC(C)=O)oc3=O)cc2)CC1. The van der Waals surface area contributed by atoms with Crippen LogP contribution in [-0.2, 0) is 16.3 Å². The molecular weight excluding hydrogens is 348 g/mol. The number of carbonyl (C=O) groups excluding carboxylic acids is 2. The van der Waals surface area contributed by atoms with Crippen molar-refractivity contribution in [1.82, 2.24) is 15.0 Å². The van der Waals surface area contributed by atoms with Crippen molar-refractivity contribution in [3.05, 3.63) is 40.9 Å². The fourth-order valence-electron chi connectivity index (χ4n) is 3.13. The fourth-order valence-corrected chi connectivity index (χ4v) is 3.13. The van der Waals surface area contributed by atoms with Gasteiger partial charge in [0.1, 0.15) is 6.67 Å². The molecular formula is C19H24N4O4. The van der Waals surface area contributed by atoms with E-state index in [1.54, 1.807) is 6.20 Å². The van der Waals surface area contributed by atoms with Crippen molar-refractivity contribution in [1.29, 1.82) is 0 Å². The molecule has 1 N–H and O–H groups in total. The Morgan fingerprint density at radius 3 is 2.37 bits per heavy atom. The van der Waals surface area contributed by atoms with Crippen molar-refractivity contribution in [2.75, 3.05) is 31.1 Å². The Hall–Kier alpha value is -3.03. The summed E-state index contributed by atoms with van der Waals surface area (Å²) in [5.41, 5.74) is 1.82. The van der Waals surface area contributed by atoms with Crippen LogP contribution in [0.2, 0.25) is 0 Å². The zero-order chi connectivity index (χ0) is 19.4. The van der Waals surface area contributed by atoms with E-state index in [0.29, 0.717) is 12.0 Å². The van der Waals surface area contributed by atoms with E-state index >= 15 is 0 Å². The molecule has 1 aromatic heterocycles. The predicted octanol–water partition coefficient (Wildman–Crippen LogP) is 1.26. The molecule has 0 saturated carbocycles. The van der Waals surface area contributed by atoms with Crippen LogP contribution >= 0.6 is 0 Å². The number of nitrogens with one attached hydrogen (secondary N) is 1. The van der Waals surface area contributed by atoms with E-state index in [4.69, 9.17) is 4.52 Å². The largest absolute Gasteiger partial charge is 0.368 e. The molecule has 0 unspecified atom stereocenters. The van der Waals surface area contributed by atoms with Gasteiger partial charge in [-0.1, -0.05) is 19.1 Å². The number of hydrogen-bond donors (Lipinski definition) is 1. The van der Waals surface area contributed by atoms with E-state index in [0.717, 1.165) is 37.4 Å². The molecule has 1 saturated heterocycles. The molecule has 0 aliphatic carbocycles. The number of hydrogen-bond acceptors (Lipinski definition) is 5. The summed E-state index contributed by atoms with van der Waals surface area (Å²) in [6.45, 7) is 6.44. The first-order chi connectivity index (χ1) is 13.0. The van der Waals surface area contributed by atoms with Gasteiger partial charge in [0, 0.05) is 45.2 Å². The van der Waals surface area contributed by atoms with Crippen LogP contribution < -0.4 is 15.8 Å². The second-order valence-electron chi connectivity index (χ2n) is 6.50. The highest BCUT2D eigenvalue weighted by Crippen LogP contribution is 2.22. The van der Waals surface area contributed by atoms with Crippen molar-refractivity contribution >= 4 is 17.5 Å². The summed E-state index contributed by atoms with van der Waals surface area (Å²) in [7, 11) is 0. The second kappa shape index (κ2) is 8.11. The van der Waals surface area contributed by atoms with Gasteiger partial charge in [-0.05, 0) is 17.7 Å². The van der Waals surface area contributed by atoms with Crippen LogP contribution in [0.3, 0.4) is 0 Å². The van der Waals surface area contributed by atoms with Gasteiger partial charge in [0.15, 0.2) is 0 Å². The molecule has 1 aliphatic heterocycles. The third kappa shape index (κ3) is 4.39. The monoisotopic (exact) mass is 372 g/mol. The van der Waals surface area contributed by atoms with Gasteiger partial charge in [0.25, 0.3) is 0 Å². The summed E-state index contributed by atoms with van der Waals surface area (Å²) < 4.78 is 6.41. The van der Waals surface area contributed by atoms with Crippen LogP contribution in [0, 0.1) is 0 Å². The Balaban J connectivity index is 1.67. The van der Waals surface area contributed by atoms with Gasteiger partial charge in [0.2, 0.25) is 11.8 Å². The molecule has 2 aromatic rings. The van der Waals surface area contributed by atoms with Crippen LogP contribution in [0.25, 0.3) is 11.1 Å². The van der Waals surface area contributed by atoms with E-state index in [9.17, 15) is 14.4 Å². The highest BCUT2D eigenvalue weighted by Gasteiger charge is 2.20. The Morgan fingerprint density at radius 2 is 1.78 bits per heavy atom. The standard InChI is InChI=1S/C19H24N4O4/c1-3-18(25)22-10-8-21(9-11-22)16-6-4-15(5-7-16)17-12-23(27-19(17)26)13-20-14(2)24/h4-7,12H,3,8-11,13H2,1-2H3,(H,20,24). The Bertz CT molecular complexity index is 861. The van der Waals surface area contributed by atoms with Gasteiger partial charge in [-0.15, -0.1) is 0 Å². The van der Waals surface area contributed by atoms with Crippen LogP contribution in [0.15, 0.2) is 39.8 Å². The summed E-state index contributed by atoms with van der Waals surface area (Å²) in [5, 5.41) is 2.58. The van der Waals surface area contributed by atoms with Crippen LogP contribution in [0.4, 0.5) is 5.69 Å². The molecule has 144 valence electrons. The number of nitrogens with zero attached hydrogens (tertiary/aromatic N) is 3. The van der Waals surface area contributed by atoms with Gasteiger partial charge in [-0.3, -0.25) is 9.59 Å². The fraction of sp³-hybridized carbons (Fsp3) is 0.421. The van der Waals surface area contributed by atoms with Crippen LogP contribution in [-0.4, -0.2) is 47.6 Å². The number of aromatic nitrogens is 1. The van der Waals surface area contributed by atoms with Crippen LogP contribution in [0.1, 0.15) is 20.3 Å². The Kier molecular flexibility index (Phi) is 5.63. The average molecular weight is 372 g/mol. The van der Waals surface area contributed by atoms with Gasteiger partial charge in [-0.2, -0.15) is 4.74 Å². The zero-order valence-corrected chi connectivity index (χ0v) is 15.6. The maximum atomic E-state index is 12.1. The van der Waals surface area contributed by atoms with Gasteiger partial charge in [0.05, 0.1) is 11.8 Å². The summed E-state index contributed by atoms with van der Waals surface area (Å²) in [6, 6.07) is 7.70. The number of anilines is 1. The highest BCUT2D eigenvalue weighted by atomic mass is 16.5. The molecule has 27 heavy (non-hydrogen) atoms. The van der Waals surface area contributed by atoms with Crippen molar-refractivity contribution in [2.45, 2.75) is 26.9 Å². The molecule has 0 bridgehead atoms. The number of carbonyl (C=O) groups is 2. The third-order valence-corrected chi connectivity index (χ3v) is 4.66. The summed E-state index contributed by atoms with van der Waals surface area (Å²) >= 11 is 0. The van der Waals surface area contributed by atoms with E-state index in [1.807, 2.05) is 36.1 Å². The molecule has 1 aromatic carbocycles. The second-order valence-corrected chi connectivity index (χ2v) is 6.50. The van der Waals surface area contributed by atoms with Crippen molar-refractivity contribution < 1.29 is 14.1 Å². The number of benzene rings is 1. The lowest BCUT2D eigenvalue weighted by Gasteiger charge is -2.36. The van der Waals surface area contributed by atoms with Crippen molar-refractivity contribution in [2.24, 2.45) is 0 Å². The zero-order valence-electron chi connectivity index (χ0n) is 15.6.